The molecule has 1 aromatic carbocycles. The van der Waals surface area contributed by atoms with Crippen LogP contribution in [0.25, 0.3) is 0 Å². The van der Waals surface area contributed by atoms with Gasteiger partial charge in [0.1, 0.15) is 12.0 Å². The molecule has 0 amide bonds. The van der Waals surface area contributed by atoms with Crippen molar-refractivity contribution in [3.05, 3.63) is 47.7 Å². The van der Waals surface area contributed by atoms with E-state index in [0.717, 1.165) is 30.4 Å². The second kappa shape index (κ2) is 7.45. The van der Waals surface area contributed by atoms with E-state index in [0.29, 0.717) is 12.0 Å². The number of oxazole rings is 1. The van der Waals surface area contributed by atoms with Gasteiger partial charge in [0.15, 0.2) is 5.89 Å². The van der Waals surface area contributed by atoms with Gasteiger partial charge < -0.3 is 9.15 Å². The van der Waals surface area contributed by atoms with Gasteiger partial charge in [-0.3, -0.25) is 4.90 Å². The Kier molecular flexibility index (Phi) is 5.61. The van der Waals surface area contributed by atoms with Gasteiger partial charge in [0.05, 0.1) is 12.8 Å². The number of hydrogen-bond donors (Lipinski definition) is 0. The number of ether oxygens (including phenoxy) is 1. The third kappa shape index (κ3) is 3.89. The SMILES string of the molecule is CCN(Cc1coc(C(C)C)n1)[C@@H](C)c1cccc(OC)c1. The lowest BCUT2D eigenvalue weighted by molar-refractivity contribution is 0.210. The molecule has 0 aliphatic rings. The third-order valence-corrected chi connectivity index (χ3v) is 3.96. The Morgan fingerprint density at radius 2 is 2.05 bits per heavy atom. The molecule has 120 valence electrons. The van der Waals surface area contributed by atoms with E-state index in [1.807, 2.05) is 12.1 Å². The molecule has 0 spiro atoms. The van der Waals surface area contributed by atoms with Gasteiger partial charge in [-0.25, -0.2) is 4.98 Å². The Balaban J connectivity index is 2.12. The quantitative estimate of drug-likeness (QED) is 0.760. The van der Waals surface area contributed by atoms with Crippen molar-refractivity contribution in [1.82, 2.24) is 9.88 Å². The highest BCUT2D eigenvalue weighted by atomic mass is 16.5. The van der Waals surface area contributed by atoms with Crippen LogP contribution in [0.15, 0.2) is 34.9 Å². The molecule has 1 heterocycles. The molecule has 2 aromatic rings. The summed E-state index contributed by atoms with van der Waals surface area (Å²) in [6.45, 7) is 10.3. The Labute approximate surface area is 133 Å². The van der Waals surface area contributed by atoms with Gasteiger partial charge >= 0.3 is 0 Å². The fraction of sp³-hybridized carbons (Fsp3) is 0.500. The van der Waals surface area contributed by atoms with E-state index < -0.39 is 0 Å². The van der Waals surface area contributed by atoms with Crippen molar-refractivity contribution >= 4 is 0 Å². The van der Waals surface area contributed by atoms with Crippen molar-refractivity contribution in [3.63, 3.8) is 0 Å². The lowest BCUT2D eigenvalue weighted by Gasteiger charge is -2.27. The number of nitrogens with zero attached hydrogens (tertiary/aromatic N) is 2. The van der Waals surface area contributed by atoms with E-state index in [1.165, 1.54) is 5.56 Å². The summed E-state index contributed by atoms with van der Waals surface area (Å²) in [5.74, 6) is 2.02. The first-order valence-corrected chi connectivity index (χ1v) is 7.87. The highest BCUT2D eigenvalue weighted by Gasteiger charge is 2.17. The molecule has 4 nitrogen and oxygen atoms in total. The maximum Gasteiger partial charge on any atom is 0.196 e. The van der Waals surface area contributed by atoms with E-state index >= 15 is 0 Å². The van der Waals surface area contributed by atoms with E-state index in [2.05, 4.69) is 49.7 Å². The molecule has 0 fully saturated rings. The number of aromatic nitrogens is 1. The van der Waals surface area contributed by atoms with Gasteiger partial charge in [-0.1, -0.05) is 32.9 Å². The minimum absolute atomic E-state index is 0.291. The van der Waals surface area contributed by atoms with Gasteiger partial charge in [0, 0.05) is 18.5 Å². The normalized spacial score (nSPS) is 12.9. The van der Waals surface area contributed by atoms with Gasteiger partial charge in [0.25, 0.3) is 0 Å². The van der Waals surface area contributed by atoms with Crippen molar-refractivity contribution in [1.29, 1.82) is 0 Å². The fourth-order valence-electron chi connectivity index (χ4n) is 2.50. The summed E-state index contributed by atoms with van der Waals surface area (Å²) < 4.78 is 10.9. The molecule has 0 aliphatic heterocycles. The van der Waals surface area contributed by atoms with Crippen LogP contribution in [0, 0.1) is 0 Å². The summed E-state index contributed by atoms with van der Waals surface area (Å²) in [6.07, 6.45) is 1.77. The molecule has 0 bridgehead atoms. The zero-order chi connectivity index (χ0) is 16.1. The molecular weight excluding hydrogens is 276 g/mol. The Bertz CT molecular complexity index is 592. The van der Waals surface area contributed by atoms with Crippen LogP contribution in [0.4, 0.5) is 0 Å². The van der Waals surface area contributed by atoms with Gasteiger partial charge in [-0.2, -0.15) is 0 Å². The molecule has 0 saturated carbocycles. The first-order chi connectivity index (χ1) is 10.5. The van der Waals surface area contributed by atoms with Crippen LogP contribution >= 0.6 is 0 Å². The molecule has 0 aliphatic carbocycles. The number of rotatable bonds is 7. The van der Waals surface area contributed by atoms with Gasteiger partial charge in [-0.05, 0) is 31.2 Å². The summed E-state index contributed by atoms with van der Waals surface area (Å²) in [7, 11) is 1.70. The third-order valence-electron chi connectivity index (χ3n) is 3.96. The number of benzene rings is 1. The van der Waals surface area contributed by atoms with Crippen LogP contribution in [-0.4, -0.2) is 23.5 Å². The van der Waals surface area contributed by atoms with E-state index in [4.69, 9.17) is 9.15 Å². The Morgan fingerprint density at radius 3 is 2.64 bits per heavy atom. The molecule has 2 rings (SSSR count). The van der Waals surface area contributed by atoms with Crippen LogP contribution in [0.2, 0.25) is 0 Å². The van der Waals surface area contributed by atoms with Crippen molar-refractivity contribution in [2.75, 3.05) is 13.7 Å². The first kappa shape index (κ1) is 16.6. The van der Waals surface area contributed by atoms with E-state index in [-0.39, 0.29) is 0 Å². The van der Waals surface area contributed by atoms with E-state index in [1.54, 1.807) is 13.4 Å². The topological polar surface area (TPSA) is 38.5 Å². The minimum atomic E-state index is 0.291. The second-order valence-electron chi connectivity index (χ2n) is 5.85. The average Bonchev–Trinajstić information content (AvgIpc) is 3.01. The van der Waals surface area contributed by atoms with Gasteiger partial charge in [-0.15, -0.1) is 0 Å². The summed E-state index contributed by atoms with van der Waals surface area (Å²) in [4.78, 5) is 6.95. The monoisotopic (exact) mass is 302 g/mol. The van der Waals surface area contributed by atoms with Crippen molar-refractivity contribution < 1.29 is 9.15 Å². The predicted octanol–water partition coefficient (Wildman–Crippen LogP) is 4.39. The molecule has 0 saturated heterocycles. The van der Waals surface area contributed by atoms with Crippen LogP contribution in [0.5, 0.6) is 5.75 Å². The highest BCUT2D eigenvalue weighted by molar-refractivity contribution is 5.30. The van der Waals surface area contributed by atoms with Crippen molar-refractivity contribution in [2.45, 2.75) is 46.2 Å². The molecule has 0 radical (unpaired) electrons. The maximum absolute atomic E-state index is 5.54. The summed E-state index contributed by atoms with van der Waals surface area (Å²) in [6, 6.07) is 8.53. The highest BCUT2D eigenvalue weighted by Crippen LogP contribution is 2.25. The van der Waals surface area contributed by atoms with Crippen LogP contribution in [0.3, 0.4) is 0 Å². The van der Waals surface area contributed by atoms with Crippen molar-refractivity contribution in [3.8, 4) is 5.75 Å². The summed E-state index contributed by atoms with van der Waals surface area (Å²) in [5, 5.41) is 0. The molecule has 1 atom stereocenters. The zero-order valence-electron chi connectivity index (χ0n) is 14.2. The largest absolute Gasteiger partial charge is 0.497 e. The minimum Gasteiger partial charge on any atom is -0.497 e. The molecule has 0 N–H and O–H groups in total. The van der Waals surface area contributed by atoms with Crippen LogP contribution in [-0.2, 0) is 6.54 Å². The standard InChI is InChI=1S/C18H26N2O2/c1-6-20(11-16-12-22-18(19-16)13(2)3)14(4)15-8-7-9-17(10-15)21-5/h7-10,12-14H,6,11H2,1-5H3/t14-/m0/s1. The molecule has 1 aromatic heterocycles. The lowest BCUT2D eigenvalue weighted by atomic mass is 10.1. The molecular formula is C18H26N2O2. The predicted molar refractivity (Wildman–Crippen MR) is 88.1 cm³/mol. The summed E-state index contributed by atoms with van der Waals surface area (Å²) in [5.41, 5.74) is 2.23. The maximum atomic E-state index is 5.54. The zero-order valence-corrected chi connectivity index (χ0v) is 14.2. The lowest BCUT2D eigenvalue weighted by Crippen LogP contribution is -2.26. The van der Waals surface area contributed by atoms with E-state index in [9.17, 15) is 0 Å². The molecule has 4 heteroatoms. The van der Waals surface area contributed by atoms with Crippen molar-refractivity contribution in [2.24, 2.45) is 0 Å². The molecule has 0 unspecified atom stereocenters. The average molecular weight is 302 g/mol. The van der Waals surface area contributed by atoms with Crippen LogP contribution < -0.4 is 4.74 Å². The first-order valence-electron chi connectivity index (χ1n) is 7.87. The Morgan fingerprint density at radius 1 is 1.27 bits per heavy atom. The second-order valence-corrected chi connectivity index (χ2v) is 5.85. The Hall–Kier alpha value is -1.81. The molecule has 22 heavy (non-hydrogen) atoms. The number of methoxy groups -OCH3 is 1. The fourth-order valence-corrected chi connectivity index (χ4v) is 2.50. The smallest absolute Gasteiger partial charge is 0.196 e. The van der Waals surface area contributed by atoms with Gasteiger partial charge in [0.2, 0.25) is 0 Å². The van der Waals surface area contributed by atoms with Crippen LogP contribution in [0.1, 0.15) is 56.8 Å². The number of hydrogen-bond acceptors (Lipinski definition) is 4. The summed E-state index contributed by atoms with van der Waals surface area (Å²) >= 11 is 0.